The van der Waals surface area contributed by atoms with E-state index in [1.165, 1.54) is 0 Å². The average Bonchev–Trinajstić information content (AvgIpc) is 2.42. The van der Waals surface area contributed by atoms with Crippen molar-refractivity contribution in [3.63, 3.8) is 0 Å². The summed E-state index contributed by atoms with van der Waals surface area (Å²) in [5, 5.41) is 11.6. The van der Waals surface area contributed by atoms with Gasteiger partial charge in [0.15, 0.2) is 0 Å². The van der Waals surface area contributed by atoms with Gasteiger partial charge in [0, 0.05) is 26.7 Å². The first kappa shape index (κ1) is 15.8. The second kappa shape index (κ2) is 7.99. The molecule has 2 unspecified atom stereocenters. The molecule has 110 valence electrons. The minimum absolute atomic E-state index is 0.0790. The average molecular weight is 272 g/mol. The molecule has 1 heterocycles. The fourth-order valence-corrected chi connectivity index (χ4v) is 2.15. The molecule has 2 N–H and O–H groups in total. The van der Waals surface area contributed by atoms with E-state index in [1.54, 1.807) is 18.9 Å². The van der Waals surface area contributed by atoms with Crippen LogP contribution < -0.4 is 5.32 Å². The maximum absolute atomic E-state index is 11.9. The van der Waals surface area contributed by atoms with E-state index in [1.807, 2.05) is 0 Å². The fourth-order valence-electron chi connectivity index (χ4n) is 2.15. The zero-order chi connectivity index (χ0) is 14.3. The Kier molecular flexibility index (Phi) is 6.62. The summed E-state index contributed by atoms with van der Waals surface area (Å²) < 4.78 is 5.27. The standard InChI is InChI=1S/C13H24N2O4/c1-10(12(16)17)5-3-7-14-13(18)15-8-4-6-11(9-15)19-2/h10-11H,3-9H2,1-2H3,(H,14,18)(H,16,17). The molecule has 0 aromatic carbocycles. The van der Waals surface area contributed by atoms with Gasteiger partial charge in [-0.05, 0) is 25.7 Å². The van der Waals surface area contributed by atoms with Crippen molar-refractivity contribution in [1.29, 1.82) is 0 Å². The molecule has 1 rings (SSSR count). The lowest BCUT2D eigenvalue weighted by Gasteiger charge is -2.31. The molecule has 1 aliphatic heterocycles. The van der Waals surface area contributed by atoms with E-state index in [0.29, 0.717) is 25.9 Å². The van der Waals surface area contributed by atoms with Gasteiger partial charge < -0.3 is 20.1 Å². The molecule has 0 radical (unpaired) electrons. The molecule has 0 spiro atoms. The van der Waals surface area contributed by atoms with Crippen LogP contribution in [0.4, 0.5) is 4.79 Å². The lowest BCUT2D eigenvalue weighted by Crippen LogP contribution is -2.47. The fraction of sp³-hybridized carbons (Fsp3) is 0.846. The highest BCUT2D eigenvalue weighted by Gasteiger charge is 2.23. The second-order valence-corrected chi connectivity index (χ2v) is 5.06. The maximum Gasteiger partial charge on any atom is 0.317 e. The summed E-state index contributed by atoms with van der Waals surface area (Å²) in [6.45, 7) is 3.59. The van der Waals surface area contributed by atoms with E-state index in [-0.39, 0.29) is 18.1 Å². The summed E-state index contributed by atoms with van der Waals surface area (Å²) in [4.78, 5) is 24.3. The van der Waals surface area contributed by atoms with Crippen molar-refractivity contribution in [3.05, 3.63) is 0 Å². The number of ether oxygens (including phenoxy) is 1. The van der Waals surface area contributed by atoms with Crippen LogP contribution in [-0.4, -0.2) is 54.9 Å². The third kappa shape index (κ3) is 5.46. The number of rotatable bonds is 6. The molecule has 0 aliphatic carbocycles. The molecule has 2 amide bonds. The Labute approximate surface area is 114 Å². The van der Waals surface area contributed by atoms with Crippen molar-refractivity contribution in [2.24, 2.45) is 5.92 Å². The number of urea groups is 1. The first-order valence-electron chi connectivity index (χ1n) is 6.83. The molecular weight excluding hydrogens is 248 g/mol. The predicted octanol–water partition coefficient (Wildman–Crippen LogP) is 1.31. The van der Waals surface area contributed by atoms with E-state index >= 15 is 0 Å². The summed E-state index contributed by atoms with van der Waals surface area (Å²) in [5.41, 5.74) is 0. The molecule has 0 saturated carbocycles. The third-order valence-electron chi connectivity index (χ3n) is 3.51. The maximum atomic E-state index is 11.9. The van der Waals surface area contributed by atoms with Gasteiger partial charge in [-0.1, -0.05) is 6.92 Å². The molecule has 0 bridgehead atoms. The van der Waals surface area contributed by atoms with Gasteiger partial charge >= 0.3 is 12.0 Å². The molecule has 1 saturated heterocycles. The molecular formula is C13H24N2O4. The van der Waals surface area contributed by atoms with Crippen molar-refractivity contribution >= 4 is 12.0 Å². The SMILES string of the molecule is COC1CCCN(C(=O)NCCCC(C)C(=O)O)C1. The Morgan fingerprint density at radius 2 is 2.26 bits per heavy atom. The van der Waals surface area contributed by atoms with Gasteiger partial charge in [0.1, 0.15) is 0 Å². The van der Waals surface area contributed by atoms with E-state index in [2.05, 4.69) is 5.32 Å². The predicted molar refractivity (Wildman–Crippen MR) is 71.0 cm³/mol. The summed E-state index contributed by atoms with van der Waals surface area (Å²) in [5.74, 6) is -1.14. The summed E-state index contributed by atoms with van der Waals surface area (Å²) in [6, 6.07) is -0.0790. The Morgan fingerprint density at radius 3 is 2.89 bits per heavy atom. The third-order valence-corrected chi connectivity index (χ3v) is 3.51. The van der Waals surface area contributed by atoms with Gasteiger partial charge in [-0.15, -0.1) is 0 Å². The number of aliphatic carboxylic acids is 1. The first-order valence-corrected chi connectivity index (χ1v) is 6.83. The van der Waals surface area contributed by atoms with Gasteiger partial charge in [0.05, 0.1) is 12.0 Å². The minimum Gasteiger partial charge on any atom is -0.481 e. The van der Waals surface area contributed by atoms with Gasteiger partial charge in [0.2, 0.25) is 0 Å². The van der Waals surface area contributed by atoms with Gasteiger partial charge in [0.25, 0.3) is 0 Å². The van der Waals surface area contributed by atoms with Crippen LogP contribution in [0.1, 0.15) is 32.6 Å². The molecule has 6 nitrogen and oxygen atoms in total. The molecule has 6 heteroatoms. The van der Waals surface area contributed by atoms with Crippen LogP contribution in [0.25, 0.3) is 0 Å². The number of nitrogens with one attached hydrogen (secondary N) is 1. The Bertz CT molecular complexity index is 309. The molecule has 19 heavy (non-hydrogen) atoms. The number of hydrogen-bond donors (Lipinski definition) is 2. The summed E-state index contributed by atoms with van der Waals surface area (Å²) >= 11 is 0. The Morgan fingerprint density at radius 1 is 1.53 bits per heavy atom. The monoisotopic (exact) mass is 272 g/mol. The number of likely N-dealkylation sites (tertiary alicyclic amines) is 1. The van der Waals surface area contributed by atoms with E-state index in [4.69, 9.17) is 9.84 Å². The van der Waals surface area contributed by atoms with E-state index in [0.717, 1.165) is 19.4 Å². The molecule has 0 aromatic heterocycles. The molecule has 1 fully saturated rings. The number of carboxylic acids is 1. The number of nitrogens with zero attached hydrogens (tertiary/aromatic N) is 1. The van der Waals surface area contributed by atoms with Crippen molar-refractivity contribution in [2.45, 2.75) is 38.7 Å². The first-order chi connectivity index (χ1) is 9.04. The summed E-state index contributed by atoms with van der Waals surface area (Å²) in [6.07, 6.45) is 3.35. The van der Waals surface area contributed by atoms with Crippen LogP contribution in [0.5, 0.6) is 0 Å². The number of carbonyl (C=O) groups is 2. The van der Waals surface area contributed by atoms with Crippen LogP contribution in [0.2, 0.25) is 0 Å². The smallest absolute Gasteiger partial charge is 0.317 e. The highest BCUT2D eigenvalue weighted by Crippen LogP contribution is 2.12. The van der Waals surface area contributed by atoms with Crippen molar-refractivity contribution in [1.82, 2.24) is 10.2 Å². The minimum atomic E-state index is -0.787. The van der Waals surface area contributed by atoms with Crippen molar-refractivity contribution in [2.75, 3.05) is 26.7 Å². The van der Waals surface area contributed by atoms with Gasteiger partial charge in [-0.25, -0.2) is 4.79 Å². The van der Waals surface area contributed by atoms with Crippen LogP contribution in [0.3, 0.4) is 0 Å². The zero-order valence-corrected chi connectivity index (χ0v) is 11.7. The molecule has 2 atom stereocenters. The second-order valence-electron chi connectivity index (χ2n) is 5.06. The number of hydrogen-bond acceptors (Lipinski definition) is 3. The largest absolute Gasteiger partial charge is 0.481 e. The highest BCUT2D eigenvalue weighted by atomic mass is 16.5. The topological polar surface area (TPSA) is 78.9 Å². The zero-order valence-electron chi connectivity index (χ0n) is 11.7. The summed E-state index contributed by atoms with van der Waals surface area (Å²) in [7, 11) is 1.67. The van der Waals surface area contributed by atoms with Crippen molar-refractivity contribution in [3.8, 4) is 0 Å². The van der Waals surface area contributed by atoms with Crippen LogP contribution in [-0.2, 0) is 9.53 Å². The van der Waals surface area contributed by atoms with Gasteiger partial charge in [-0.2, -0.15) is 0 Å². The highest BCUT2D eigenvalue weighted by molar-refractivity contribution is 5.74. The Balaban J connectivity index is 2.18. The quantitative estimate of drug-likeness (QED) is 0.714. The van der Waals surface area contributed by atoms with Crippen molar-refractivity contribution < 1.29 is 19.4 Å². The van der Waals surface area contributed by atoms with Gasteiger partial charge in [-0.3, -0.25) is 4.79 Å². The number of amides is 2. The number of carboxylic acid groups (broad SMARTS) is 1. The lowest BCUT2D eigenvalue weighted by molar-refractivity contribution is -0.141. The number of piperidine rings is 1. The number of carbonyl (C=O) groups excluding carboxylic acids is 1. The van der Waals surface area contributed by atoms with Crippen LogP contribution in [0, 0.1) is 5.92 Å². The lowest BCUT2D eigenvalue weighted by atomic mass is 10.1. The molecule has 1 aliphatic rings. The number of methoxy groups -OCH3 is 1. The van der Waals surface area contributed by atoms with E-state index < -0.39 is 5.97 Å². The van der Waals surface area contributed by atoms with E-state index in [9.17, 15) is 9.59 Å². The van der Waals surface area contributed by atoms with Crippen LogP contribution >= 0.6 is 0 Å². The van der Waals surface area contributed by atoms with Crippen LogP contribution in [0.15, 0.2) is 0 Å². The molecule has 0 aromatic rings. The normalized spacial score (nSPS) is 20.9. The Hall–Kier alpha value is -1.30.